The zero-order valence-corrected chi connectivity index (χ0v) is 11.9. The lowest BCUT2D eigenvalue weighted by atomic mass is 10.1. The molecule has 0 amide bonds. The van der Waals surface area contributed by atoms with Crippen LogP contribution in [0.15, 0.2) is 74.7 Å². The van der Waals surface area contributed by atoms with Crippen molar-refractivity contribution in [1.29, 1.82) is 0 Å². The molecule has 0 aromatic heterocycles. The van der Waals surface area contributed by atoms with Crippen LogP contribution < -0.4 is 0 Å². The second-order valence-electron chi connectivity index (χ2n) is 3.84. The molecule has 2 aromatic rings. The van der Waals surface area contributed by atoms with Crippen LogP contribution >= 0.6 is 35.7 Å². The third-order valence-corrected chi connectivity index (χ3v) is 5.35. The van der Waals surface area contributed by atoms with E-state index < -0.39 is 0 Å². The van der Waals surface area contributed by atoms with Crippen LogP contribution in [0.1, 0.15) is 5.56 Å². The summed E-state index contributed by atoms with van der Waals surface area (Å²) in [5.74, 6) is 0. The molecule has 1 aliphatic heterocycles. The van der Waals surface area contributed by atoms with Gasteiger partial charge >= 0.3 is 0 Å². The highest BCUT2D eigenvalue weighted by molar-refractivity contribution is 8.24. The number of rotatable bonds is 2. The van der Waals surface area contributed by atoms with E-state index in [0.717, 1.165) is 10.4 Å². The van der Waals surface area contributed by atoms with E-state index in [-0.39, 0.29) is 0 Å². The van der Waals surface area contributed by atoms with Gasteiger partial charge in [0.1, 0.15) is 0 Å². The van der Waals surface area contributed by atoms with Gasteiger partial charge in [-0.05, 0) is 23.8 Å². The first-order valence-corrected chi connectivity index (χ1v) is 7.63. The Morgan fingerprint density at radius 2 is 1.39 bits per heavy atom. The zero-order chi connectivity index (χ0) is 12.4. The smallest absolute Gasteiger partial charge is 0.0514 e. The minimum absolute atomic E-state index is 0.901. The van der Waals surface area contributed by atoms with Crippen molar-refractivity contribution in [3.8, 4) is 0 Å². The van der Waals surface area contributed by atoms with Crippen LogP contribution in [0.5, 0.6) is 0 Å². The monoisotopic (exact) mass is 286 g/mol. The summed E-state index contributed by atoms with van der Waals surface area (Å²) in [6.07, 6.45) is 2.10. The molecule has 1 heterocycles. The number of thiocarbonyl (C=S) groups is 1. The van der Waals surface area contributed by atoms with Gasteiger partial charge in [-0.2, -0.15) is 0 Å². The molecule has 0 atom stereocenters. The molecule has 0 fully saturated rings. The molecule has 1 aliphatic rings. The second kappa shape index (κ2) is 5.31. The molecule has 0 bridgehead atoms. The highest BCUT2D eigenvalue weighted by Gasteiger charge is 2.16. The summed E-state index contributed by atoms with van der Waals surface area (Å²) in [7, 11) is 0. The fourth-order valence-electron chi connectivity index (χ4n) is 1.71. The van der Waals surface area contributed by atoms with Crippen LogP contribution in [-0.4, -0.2) is 4.86 Å². The standard InChI is InChI=1S/C15H10S3/c16-12(11-6-2-1-3-7-11)10-15-17-13-8-4-5-9-14(13)18-15/h1-10H. The lowest BCUT2D eigenvalue weighted by molar-refractivity contribution is 1.27. The summed E-state index contributed by atoms with van der Waals surface area (Å²) >= 11 is 9.06. The van der Waals surface area contributed by atoms with Crippen LogP contribution in [0.2, 0.25) is 0 Å². The van der Waals surface area contributed by atoms with Crippen LogP contribution in [0.3, 0.4) is 0 Å². The van der Waals surface area contributed by atoms with Crippen LogP contribution in [0.4, 0.5) is 0 Å². The molecule has 0 saturated carbocycles. The van der Waals surface area contributed by atoms with E-state index in [2.05, 4.69) is 42.5 Å². The van der Waals surface area contributed by atoms with E-state index >= 15 is 0 Å². The Morgan fingerprint density at radius 3 is 2.00 bits per heavy atom. The zero-order valence-electron chi connectivity index (χ0n) is 9.50. The quantitative estimate of drug-likeness (QED) is 0.426. The summed E-state index contributed by atoms with van der Waals surface area (Å²) in [5.41, 5.74) is 1.11. The fourth-order valence-corrected chi connectivity index (χ4v) is 4.48. The van der Waals surface area contributed by atoms with Crippen LogP contribution in [-0.2, 0) is 0 Å². The van der Waals surface area contributed by atoms with E-state index in [4.69, 9.17) is 12.2 Å². The number of benzene rings is 2. The Bertz CT molecular complexity index is 588. The average molecular weight is 286 g/mol. The first kappa shape index (κ1) is 12.0. The van der Waals surface area contributed by atoms with Gasteiger partial charge in [0.2, 0.25) is 0 Å². The Morgan fingerprint density at radius 1 is 0.833 bits per heavy atom. The predicted octanol–water partition coefficient (Wildman–Crippen LogP) is 5.14. The van der Waals surface area contributed by atoms with Gasteiger partial charge in [-0.3, -0.25) is 0 Å². The van der Waals surface area contributed by atoms with Crippen molar-refractivity contribution in [2.24, 2.45) is 0 Å². The van der Waals surface area contributed by atoms with Gasteiger partial charge in [0, 0.05) is 14.7 Å². The van der Waals surface area contributed by atoms with Crippen molar-refractivity contribution in [3.63, 3.8) is 0 Å². The summed E-state index contributed by atoms with van der Waals surface area (Å²) < 4.78 is 1.25. The van der Waals surface area contributed by atoms with Gasteiger partial charge in [0.05, 0.1) is 4.24 Å². The molecule has 2 aromatic carbocycles. The molecule has 3 heteroatoms. The number of hydrogen-bond acceptors (Lipinski definition) is 3. The van der Waals surface area contributed by atoms with Gasteiger partial charge in [0.15, 0.2) is 0 Å². The first-order chi connectivity index (χ1) is 8.83. The van der Waals surface area contributed by atoms with Gasteiger partial charge in [-0.1, -0.05) is 78.2 Å². The third kappa shape index (κ3) is 2.53. The minimum atomic E-state index is 0.901. The number of hydrogen-bond donors (Lipinski definition) is 0. The molecule has 3 rings (SSSR count). The SMILES string of the molecule is S=C(C=C1Sc2ccccc2S1)c1ccccc1. The number of allylic oxidation sites excluding steroid dienone is 1. The molecule has 0 aliphatic carbocycles. The van der Waals surface area contributed by atoms with E-state index in [9.17, 15) is 0 Å². The molecule has 0 nitrogen and oxygen atoms in total. The maximum Gasteiger partial charge on any atom is 0.0514 e. The Kier molecular flexibility index (Phi) is 3.55. The Hall–Kier alpha value is -1.03. The van der Waals surface area contributed by atoms with E-state index in [1.807, 2.05) is 18.2 Å². The highest BCUT2D eigenvalue weighted by atomic mass is 32.2. The first-order valence-electron chi connectivity index (χ1n) is 5.59. The van der Waals surface area contributed by atoms with Gasteiger partial charge in [0.25, 0.3) is 0 Å². The van der Waals surface area contributed by atoms with Gasteiger partial charge in [-0.25, -0.2) is 0 Å². The maximum absolute atomic E-state index is 5.46. The largest absolute Gasteiger partial charge is 0.0815 e. The molecular formula is C15H10S3. The molecule has 0 saturated heterocycles. The summed E-state index contributed by atoms with van der Waals surface area (Å²) in [4.78, 5) is 3.55. The predicted molar refractivity (Wildman–Crippen MR) is 84.4 cm³/mol. The summed E-state index contributed by atoms with van der Waals surface area (Å²) in [6.45, 7) is 0. The molecule has 0 radical (unpaired) electrons. The molecule has 0 spiro atoms. The molecule has 0 unspecified atom stereocenters. The summed E-state index contributed by atoms with van der Waals surface area (Å²) in [5, 5.41) is 0. The summed E-state index contributed by atoms with van der Waals surface area (Å²) in [6, 6.07) is 18.6. The van der Waals surface area contributed by atoms with Crippen LogP contribution in [0, 0.1) is 0 Å². The highest BCUT2D eigenvalue weighted by Crippen LogP contribution is 2.50. The second-order valence-corrected chi connectivity index (χ2v) is 6.71. The van der Waals surface area contributed by atoms with Crippen molar-refractivity contribution in [2.45, 2.75) is 9.79 Å². The van der Waals surface area contributed by atoms with Gasteiger partial charge < -0.3 is 0 Å². The topological polar surface area (TPSA) is 0 Å². The Labute approximate surface area is 120 Å². The fraction of sp³-hybridized carbons (Fsp3) is 0. The number of thioether (sulfide) groups is 2. The minimum Gasteiger partial charge on any atom is -0.0815 e. The Balaban J connectivity index is 1.82. The van der Waals surface area contributed by atoms with Crippen molar-refractivity contribution >= 4 is 40.6 Å². The normalized spacial score (nSPS) is 13.2. The van der Waals surface area contributed by atoms with Crippen molar-refractivity contribution in [2.75, 3.05) is 0 Å². The molecular weight excluding hydrogens is 276 g/mol. The van der Waals surface area contributed by atoms with E-state index in [0.29, 0.717) is 0 Å². The van der Waals surface area contributed by atoms with E-state index in [1.54, 1.807) is 23.5 Å². The van der Waals surface area contributed by atoms with Crippen LogP contribution in [0.25, 0.3) is 0 Å². The van der Waals surface area contributed by atoms with Gasteiger partial charge in [-0.15, -0.1) is 0 Å². The lowest BCUT2D eigenvalue weighted by Crippen LogP contribution is -1.91. The van der Waals surface area contributed by atoms with Crippen molar-refractivity contribution in [1.82, 2.24) is 0 Å². The molecule has 88 valence electrons. The maximum atomic E-state index is 5.46. The van der Waals surface area contributed by atoms with E-state index in [1.165, 1.54) is 14.0 Å². The lowest BCUT2D eigenvalue weighted by Gasteiger charge is -1.99. The van der Waals surface area contributed by atoms with Crippen molar-refractivity contribution in [3.05, 3.63) is 70.5 Å². The molecule has 0 N–H and O–H groups in total. The average Bonchev–Trinajstić information content (AvgIpc) is 2.82. The molecule has 18 heavy (non-hydrogen) atoms. The third-order valence-electron chi connectivity index (χ3n) is 2.58. The van der Waals surface area contributed by atoms with Crippen molar-refractivity contribution < 1.29 is 0 Å². The number of fused-ring (bicyclic) bond motifs is 1.